The second kappa shape index (κ2) is 3.34. The largest absolute Gasteiger partial charge is 0.490 e. The molecular weight excluding hydrogens is 128 g/mol. The molecule has 0 bridgehead atoms. The molecule has 0 unspecified atom stereocenters. The van der Waals surface area contributed by atoms with E-state index >= 15 is 0 Å². The Hall–Kier alpha value is -0.860. The van der Waals surface area contributed by atoms with E-state index in [2.05, 4.69) is 11.7 Å². The normalized spacial score (nSPS) is 18.6. The number of carbonyl (C=O) groups excluding carboxylic acids is 1. The highest BCUT2D eigenvalue weighted by Gasteiger charge is 2.21. The predicted molar refractivity (Wildman–Crippen MR) is 38.9 cm³/mol. The van der Waals surface area contributed by atoms with Gasteiger partial charge in [0, 0.05) is 0 Å². The first kappa shape index (κ1) is 7.25. The second-order valence-electron chi connectivity index (χ2n) is 2.53. The quantitative estimate of drug-likeness (QED) is 0.448. The zero-order valence-corrected chi connectivity index (χ0v) is 6.10. The average Bonchev–Trinajstić information content (AvgIpc) is 2.05. The fourth-order valence-corrected chi connectivity index (χ4v) is 1.21. The molecule has 0 aromatic carbocycles. The van der Waals surface area contributed by atoms with Crippen molar-refractivity contribution in [3.8, 4) is 0 Å². The minimum Gasteiger partial charge on any atom is -0.226 e. The Labute approximate surface area is 60.7 Å². The molecule has 0 aliphatic carbocycles. The topological polar surface area (TPSA) is 34.3 Å². The van der Waals surface area contributed by atoms with Crippen molar-refractivity contribution >= 4 is 12.7 Å². The maximum absolute atomic E-state index is 10.9. The van der Waals surface area contributed by atoms with Gasteiger partial charge >= 0.3 is 6.03 Å². The Kier molecular flexibility index (Phi) is 2.42. The van der Waals surface area contributed by atoms with Crippen LogP contribution in [0.1, 0.15) is 19.3 Å². The van der Waals surface area contributed by atoms with Gasteiger partial charge in [-0.15, -0.1) is 0 Å². The Balaban J connectivity index is 2.38. The van der Waals surface area contributed by atoms with Gasteiger partial charge in [0.2, 0.25) is 0 Å². The van der Waals surface area contributed by atoms with Crippen LogP contribution >= 0.6 is 0 Å². The number of piperidine rings is 1. The third-order valence-electron chi connectivity index (χ3n) is 1.79. The summed E-state index contributed by atoms with van der Waals surface area (Å²) in [4.78, 5) is 15.1. The van der Waals surface area contributed by atoms with Crippen molar-refractivity contribution in [1.29, 1.82) is 0 Å². The van der Waals surface area contributed by atoms with Crippen LogP contribution in [-0.2, 0) is 0 Å². The number of nitrogens with one attached hydrogen (secondary N) is 1. The first-order chi connectivity index (χ1) is 4.84. The molecule has 3 nitrogen and oxygen atoms in total. The molecule has 1 rings (SSSR count). The van der Waals surface area contributed by atoms with Crippen LogP contribution in [0.2, 0.25) is 0 Å². The van der Waals surface area contributed by atoms with Crippen LogP contribution in [0.25, 0.3) is 0 Å². The number of urea groups is 1. The maximum Gasteiger partial charge on any atom is 0.490 e. The van der Waals surface area contributed by atoms with Crippen molar-refractivity contribution in [2.24, 2.45) is 0 Å². The molecule has 2 amide bonds. The predicted octanol–water partition coefficient (Wildman–Crippen LogP) is -0.626. The van der Waals surface area contributed by atoms with Gasteiger partial charge in [0.05, 0.1) is 19.8 Å². The molecule has 1 heterocycles. The van der Waals surface area contributed by atoms with Gasteiger partial charge in [-0.1, -0.05) is 0 Å². The van der Waals surface area contributed by atoms with Crippen molar-refractivity contribution < 1.29 is 9.79 Å². The van der Waals surface area contributed by atoms with E-state index in [9.17, 15) is 4.79 Å². The third kappa shape index (κ3) is 1.56. The molecule has 56 valence electrons. The van der Waals surface area contributed by atoms with E-state index in [1.807, 2.05) is 0 Å². The molecule has 0 atom stereocenters. The number of hydrogen-bond donors (Lipinski definition) is 1. The maximum atomic E-state index is 10.9. The highest BCUT2D eigenvalue weighted by atomic mass is 16.2. The lowest BCUT2D eigenvalue weighted by atomic mass is 10.1. The molecule has 1 aliphatic rings. The molecular formula is C7H13N2O+. The van der Waals surface area contributed by atoms with Crippen LogP contribution in [0.5, 0.6) is 0 Å². The summed E-state index contributed by atoms with van der Waals surface area (Å²) >= 11 is 0. The molecule has 0 aromatic heterocycles. The molecule has 0 aromatic rings. The molecule has 10 heavy (non-hydrogen) atoms. The summed E-state index contributed by atoms with van der Waals surface area (Å²) in [6, 6.07) is -0.0419. The summed E-state index contributed by atoms with van der Waals surface area (Å²) in [6.07, 6.45) is 3.52. The van der Waals surface area contributed by atoms with Gasteiger partial charge in [-0.2, -0.15) is 4.79 Å². The lowest BCUT2D eigenvalue weighted by Crippen LogP contribution is -2.76. The van der Waals surface area contributed by atoms with Crippen molar-refractivity contribution in [2.75, 3.05) is 13.1 Å². The first-order valence-electron chi connectivity index (χ1n) is 3.66. The number of rotatable bonds is 0. The first-order valence-corrected chi connectivity index (χ1v) is 3.66. The Morgan fingerprint density at radius 3 is 2.40 bits per heavy atom. The molecule has 0 spiro atoms. The van der Waals surface area contributed by atoms with Crippen LogP contribution in [0.4, 0.5) is 4.79 Å². The van der Waals surface area contributed by atoms with Gasteiger partial charge in [0.25, 0.3) is 0 Å². The zero-order valence-electron chi connectivity index (χ0n) is 6.10. The molecule has 1 fully saturated rings. The molecule has 1 N–H and O–H groups in total. The van der Waals surface area contributed by atoms with E-state index in [0.717, 1.165) is 25.9 Å². The Morgan fingerprint density at radius 2 is 1.90 bits per heavy atom. The van der Waals surface area contributed by atoms with Gasteiger partial charge in [-0.25, -0.2) is 9.89 Å². The third-order valence-corrected chi connectivity index (χ3v) is 1.79. The number of nitrogens with zero attached hydrogens (tertiary/aromatic N) is 1. The van der Waals surface area contributed by atoms with Crippen LogP contribution in [0.15, 0.2) is 0 Å². The summed E-state index contributed by atoms with van der Waals surface area (Å²) in [7, 11) is 0. The molecule has 3 heteroatoms. The van der Waals surface area contributed by atoms with E-state index in [1.165, 1.54) is 6.42 Å². The van der Waals surface area contributed by atoms with E-state index in [4.69, 9.17) is 0 Å². The Bertz CT molecular complexity index is 139. The molecule has 0 radical (unpaired) electrons. The van der Waals surface area contributed by atoms with Crippen molar-refractivity contribution in [3.63, 3.8) is 0 Å². The smallest absolute Gasteiger partial charge is 0.226 e. The van der Waals surface area contributed by atoms with E-state index in [-0.39, 0.29) is 6.03 Å². The number of hydrogen-bond acceptors (Lipinski definition) is 1. The highest BCUT2D eigenvalue weighted by molar-refractivity contribution is 5.64. The van der Waals surface area contributed by atoms with Crippen LogP contribution < -0.4 is 4.99 Å². The minimum atomic E-state index is -0.0419. The fourth-order valence-electron chi connectivity index (χ4n) is 1.21. The standard InChI is InChI=1S/C7H12N2O/c1-8-7(10)9-5-3-2-4-6-9/h1-6H2/p+1. The number of carbonyl (C=O) groups is 1. The van der Waals surface area contributed by atoms with Crippen molar-refractivity contribution in [3.05, 3.63) is 0 Å². The lowest BCUT2D eigenvalue weighted by Gasteiger charge is -2.17. The van der Waals surface area contributed by atoms with Crippen LogP contribution in [0, 0.1) is 0 Å². The molecule has 1 saturated heterocycles. The number of likely N-dealkylation sites (tertiary alicyclic amines) is 1. The fraction of sp³-hybridized carbons (Fsp3) is 0.714. The minimum absolute atomic E-state index is 0.0419. The van der Waals surface area contributed by atoms with E-state index in [1.54, 1.807) is 4.90 Å². The van der Waals surface area contributed by atoms with Gasteiger partial charge < -0.3 is 0 Å². The number of amides is 2. The summed E-state index contributed by atoms with van der Waals surface area (Å²) in [5.74, 6) is 0. The van der Waals surface area contributed by atoms with Crippen LogP contribution in [0.3, 0.4) is 0 Å². The van der Waals surface area contributed by atoms with Gasteiger partial charge in [-0.05, 0) is 19.3 Å². The van der Waals surface area contributed by atoms with Crippen LogP contribution in [-0.4, -0.2) is 30.7 Å². The van der Waals surface area contributed by atoms with Gasteiger partial charge in [0.15, 0.2) is 0 Å². The lowest BCUT2D eigenvalue weighted by molar-refractivity contribution is -0.345. The van der Waals surface area contributed by atoms with E-state index in [0.29, 0.717) is 0 Å². The summed E-state index contributed by atoms with van der Waals surface area (Å²) in [5.41, 5.74) is 0. The second-order valence-corrected chi connectivity index (χ2v) is 2.53. The van der Waals surface area contributed by atoms with Crippen molar-refractivity contribution in [1.82, 2.24) is 4.90 Å². The van der Waals surface area contributed by atoms with Gasteiger partial charge in [0.1, 0.15) is 0 Å². The summed E-state index contributed by atoms with van der Waals surface area (Å²) in [5, 5.41) is 0. The average molecular weight is 141 g/mol. The van der Waals surface area contributed by atoms with Gasteiger partial charge in [-0.3, -0.25) is 0 Å². The van der Waals surface area contributed by atoms with Crippen molar-refractivity contribution in [2.45, 2.75) is 19.3 Å². The monoisotopic (exact) mass is 141 g/mol. The highest BCUT2D eigenvalue weighted by Crippen LogP contribution is 2.06. The van der Waals surface area contributed by atoms with E-state index < -0.39 is 0 Å². The molecule has 1 aliphatic heterocycles. The SMILES string of the molecule is C=[NH+]C(=O)N1CCCCC1. The zero-order chi connectivity index (χ0) is 7.40. The Morgan fingerprint density at radius 1 is 1.30 bits per heavy atom. The summed E-state index contributed by atoms with van der Waals surface area (Å²) in [6.45, 7) is 5.10. The summed E-state index contributed by atoms with van der Waals surface area (Å²) < 4.78 is 0. The molecule has 0 saturated carbocycles.